The Bertz CT molecular complexity index is 883. The third kappa shape index (κ3) is 3.38. The Labute approximate surface area is 169 Å². The number of esters is 1. The summed E-state index contributed by atoms with van der Waals surface area (Å²) < 4.78 is 5.26. The number of aliphatic hydroxyl groups is 1. The number of fused-ring (bicyclic) bond motifs is 3. The van der Waals surface area contributed by atoms with Crippen LogP contribution in [0.15, 0.2) is 0 Å². The highest BCUT2D eigenvalue weighted by Crippen LogP contribution is 2.43. The number of anilines is 1. The second-order valence-electron chi connectivity index (χ2n) is 8.08. The van der Waals surface area contributed by atoms with Crippen molar-refractivity contribution in [2.75, 3.05) is 25.6 Å². The van der Waals surface area contributed by atoms with Crippen LogP contribution in [0.2, 0.25) is 0 Å². The van der Waals surface area contributed by atoms with Gasteiger partial charge in [0.15, 0.2) is 0 Å². The summed E-state index contributed by atoms with van der Waals surface area (Å²) in [7, 11) is 4.00. The van der Waals surface area contributed by atoms with Crippen molar-refractivity contribution in [2.45, 2.75) is 64.3 Å². The van der Waals surface area contributed by atoms with Crippen molar-refractivity contribution in [1.29, 1.82) is 0 Å². The van der Waals surface area contributed by atoms with Crippen LogP contribution in [0.1, 0.15) is 53.7 Å². The van der Waals surface area contributed by atoms with Crippen LogP contribution in [0, 0.1) is 6.92 Å². The summed E-state index contributed by atoms with van der Waals surface area (Å²) in [6.07, 6.45) is 3.47. The van der Waals surface area contributed by atoms with Gasteiger partial charge in [0, 0.05) is 12.1 Å². The Hall–Kier alpha value is -1.77. The van der Waals surface area contributed by atoms with E-state index in [4.69, 9.17) is 14.7 Å². The van der Waals surface area contributed by atoms with Crippen LogP contribution in [0.3, 0.4) is 0 Å². The first-order valence-corrected chi connectivity index (χ1v) is 10.8. The fourth-order valence-electron chi connectivity index (χ4n) is 4.59. The Kier molecular flexibility index (Phi) is 5.28. The molecule has 4 rings (SSSR count). The third-order valence-electron chi connectivity index (χ3n) is 5.69. The molecule has 0 amide bonds. The number of aryl methyl sites for hydroxylation is 1. The summed E-state index contributed by atoms with van der Waals surface area (Å²) in [5.74, 6) is 1.39. The molecule has 2 bridgehead atoms. The zero-order chi connectivity index (χ0) is 20.0. The fraction of sp³-hybridized carbons (Fsp3) is 0.650. The number of hydrogen-bond acceptors (Lipinski definition) is 8. The van der Waals surface area contributed by atoms with Crippen molar-refractivity contribution in [3.05, 3.63) is 16.3 Å². The second-order valence-corrected chi connectivity index (χ2v) is 9.07. The molecule has 2 unspecified atom stereocenters. The number of piperidine rings is 1. The molecule has 2 saturated heterocycles. The largest absolute Gasteiger partial charge is 0.462 e. The van der Waals surface area contributed by atoms with Gasteiger partial charge >= 0.3 is 5.97 Å². The van der Waals surface area contributed by atoms with E-state index >= 15 is 0 Å². The van der Waals surface area contributed by atoms with E-state index in [2.05, 4.69) is 4.90 Å². The quantitative estimate of drug-likeness (QED) is 0.768. The lowest BCUT2D eigenvalue weighted by molar-refractivity contribution is 0.0531. The summed E-state index contributed by atoms with van der Waals surface area (Å²) in [5, 5.41) is 11.2. The molecule has 0 aliphatic carbocycles. The van der Waals surface area contributed by atoms with Crippen molar-refractivity contribution < 1.29 is 14.6 Å². The first-order valence-electron chi connectivity index (χ1n) is 9.97. The Morgan fingerprint density at radius 2 is 1.96 bits per heavy atom. The highest BCUT2D eigenvalue weighted by molar-refractivity contribution is 7.20. The van der Waals surface area contributed by atoms with E-state index in [0.717, 1.165) is 53.1 Å². The van der Waals surface area contributed by atoms with Gasteiger partial charge < -0.3 is 19.6 Å². The lowest BCUT2D eigenvalue weighted by Gasteiger charge is -2.38. The van der Waals surface area contributed by atoms with Gasteiger partial charge in [0.2, 0.25) is 0 Å². The molecule has 2 aromatic heterocycles. The van der Waals surface area contributed by atoms with Gasteiger partial charge in [-0.1, -0.05) is 0 Å². The average molecular weight is 405 g/mol. The van der Waals surface area contributed by atoms with Crippen LogP contribution in [0.25, 0.3) is 10.2 Å². The molecule has 2 fully saturated rings. The van der Waals surface area contributed by atoms with Gasteiger partial charge in [-0.3, -0.25) is 0 Å². The standard InChI is InChI=1S/C20H28N4O3S/c1-5-27-20(26)17-11(2)16-18(21-15(10-23(3)4)22-19(16)28-17)24-12-6-7-13(24)9-14(25)8-12/h12-14,25H,5-10H2,1-4H3. The van der Waals surface area contributed by atoms with Gasteiger partial charge in [0.05, 0.1) is 24.6 Å². The number of aromatic nitrogens is 2. The Balaban J connectivity index is 1.86. The number of carbonyl (C=O) groups is 1. The summed E-state index contributed by atoms with van der Waals surface area (Å²) in [4.78, 5) is 28.1. The molecule has 0 aromatic carbocycles. The monoisotopic (exact) mass is 404 g/mol. The number of ether oxygens (including phenoxy) is 1. The van der Waals surface area contributed by atoms with Gasteiger partial charge in [-0.25, -0.2) is 14.8 Å². The zero-order valence-corrected chi connectivity index (χ0v) is 17.8. The van der Waals surface area contributed by atoms with Gasteiger partial charge in [-0.05, 0) is 59.2 Å². The summed E-state index contributed by atoms with van der Waals surface area (Å²) >= 11 is 1.39. The number of aliphatic hydroxyl groups excluding tert-OH is 1. The molecule has 0 radical (unpaired) electrons. The summed E-state index contributed by atoms with van der Waals surface area (Å²) in [6, 6.07) is 0.591. The maximum absolute atomic E-state index is 12.5. The maximum Gasteiger partial charge on any atom is 0.348 e. The molecular formula is C20H28N4O3S. The predicted molar refractivity (Wildman–Crippen MR) is 110 cm³/mol. The minimum Gasteiger partial charge on any atom is -0.462 e. The number of carbonyl (C=O) groups excluding carboxylic acids is 1. The van der Waals surface area contributed by atoms with E-state index in [1.54, 1.807) is 0 Å². The Morgan fingerprint density at radius 3 is 2.57 bits per heavy atom. The molecular weight excluding hydrogens is 376 g/mol. The van der Waals surface area contributed by atoms with Gasteiger partial charge in [-0.2, -0.15) is 0 Å². The maximum atomic E-state index is 12.5. The normalized spacial score (nSPS) is 24.4. The average Bonchev–Trinajstić information content (AvgIpc) is 3.09. The molecule has 2 aromatic rings. The van der Waals surface area contributed by atoms with Crippen molar-refractivity contribution >= 4 is 33.3 Å². The summed E-state index contributed by atoms with van der Waals surface area (Å²) in [6.45, 7) is 4.77. The Morgan fingerprint density at radius 1 is 1.29 bits per heavy atom. The molecule has 152 valence electrons. The van der Waals surface area contributed by atoms with Crippen molar-refractivity contribution in [3.63, 3.8) is 0 Å². The predicted octanol–water partition coefficient (Wildman–Crippen LogP) is 2.73. The first-order chi connectivity index (χ1) is 13.4. The lowest BCUT2D eigenvalue weighted by Crippen LogP contribution is -2.45. The van der Waals surface area contributed by atoms with Crippen LogP contribution in [0.4, 0.5) is 5.82 Å². The number of rotatable bonds is 5. The molecule has 0 spiro atoms. The molecule has 2 atom stereocenters. The molecule has 0 saturated carbocycles. The molecule has 1 N–H and O–H groups in total. The number of hydrogen-bond donors (Lipinski definition) is 1. The van der Waals surface area contributed by atoms with Crippen molar-refractivity contribution in [3.8, 4) is 0 Å². The minimum absolute atomic E-state index is 0.231. The van der Waals surface area contributed by atoms with Crippen LogP contribution in [0.5, 0.6) is 0 Å². The first kappa shape index (κ1) is 19.5. The van der Waals surface area contributed by atoms with E-state index in [1.165, 1.54) is 11.3 Å². The van der Waals surface area contributed by atoms with E-state index in [9.17, 15) is 9.90 Å². The van der Waals surface area contributed by atoms with Crippen LogP contribution >= 0.6 is 11.3 Å². The van der Waals surface area contributed by atoms with Crippen LogP contribution < -0.4 is 4.90 Å². The third-order valence-corrected chi connectivity index (χ3v) is 6.85. The molecule has 2 aliphatic rings. The summed E-state index contributed by atoms with van der Waals surface area (Å²) in [5.41, 5.74) is 0.898. The van der Waals surface area contributed by atoms with Crippen LogP contribution in [-0.4, -0.2) is 64.8 Å². The molecule has 8 heteroatoms. The number of nitrogens with zero attached hydrogens (tertiary/aromatic N) is 4. The SMILES string of the molecule is CCOC(=O)c1sc2nc(CN(C)C)nc(N3C4CCC3CC(O)C4)c2c1C. The van der Waals surface area contributed by atoms with E-state index in [1.807, 2.05) is 32.8 Å². The van der Waals surface area contributed by atoms with E-state index in [-0.39, 0.29) is 12.1 Å². The van der Waals surface area contributed by atoms with E-state index < -0.39 is 0 Å². The lowest BCUT2D eigenvalue weighted by atomic mass is 9.99. The van der Waals surface area contributed by atoms with Gasteiger partial charge in [0.1, 0.15) is 21.3 Å². The van der Waals surface area contributed by atoms with Gasteiger partial charge in [-0.15, -0.1) is 11.3 Å². The van der Waals surface area contributed by atoms with Gasteiger partial charge in [0.25, 0.3) is 0 Å². The van der Waals surface area contributed by atoms with Crippen molar-refractivity contribution in [1.82, 2.24) is 14.9 Å². The van der Waals surface area contributed by atoms with Crippen LogP contribution in [-0.2, 0) is 11.3 Å². The van der Waals surface area contributed by atoms with Crippen molar-refractivity contribution in [2.24, 2.45) is 0 Å². The number of thiophene rings is 1. The zero-order valence-electron chi connectivity index (χ0n) is 16.9. The smallest absolute Gasteiger partial charge is 0.348 e. The molecule has 4 heterocycles. The fourth-order valence-corrected chi connectivity index (χ4v) is 5.67. The minimum atomic E-state index is -0.292. The van der Waals surface area contributed by atoms with E-state index in [0.29, 0.717) is 30.1 Å². The topological polar surface area (TPSA) is 78.8 Å². The molecule has 28 heavy (non-hydrogen) atoms. The molecule has 7 nitrogen and oxygen atoms in total. The highest BCUT2D eigenvalue weighted by Gasteiger charge is 2.42. The second kappa shape index (κ2) is 7.57. The highest BCUT2D eigenvalue weighted by atomic mass is 32.1. The molecule has 2 aliphatic heterocycles.